The molecule has 1 aromatic rings. The zero-order valence-corrected chi connectivity index (χ0v) is 15.9. The number of carbonyl (C=O) groups excluding carboxylic acids is 2. The average Bonchev–Trinajstić information content (AvgIpc) is 3.07. The molecule has 2 aliphatic heterocycles. The SMILES string of the molecule is C=CC(=O)N1CCC(C(=O)N2CCC(C)C2c2ccc(C(F)(F)F)cc2)CC1. The molecule has 0 aromatic heterocycles. The average molecular weight is 394 g/mol. The van der Waals surface area contributed by atoms with Gasteiger partial charge in [-0.2, -0.15) is 13.2 Å². The largest absolute Gasteiger partial charge is 0.416 e. The van der Waals surface area contributed by atoms with E-state index in [0.717, 1.165) is 24.1 Å². The minimum Gasteiger partial charge on any atom is -0.339 e. The number of benzene rings is 1. The van der Waals surface area contributed by atoms with Gasteiger partial charge in [0.1, 0.15) is 0 Å². The number of piperidine rings is 1. The van der Waals surface area contributed by atoms with Crippen molar-refractivity contribution in [2.45, 2.75) is 38.4 Å². The quantitative estimate of drug-likeness (QED) is 0.726. The van der Waals surface area contributed by atoms with Gasteiger partial charge in [-0.05, 0) is 49.0 Å². The van der Waals surface area contributed by atoms with Crippen molar-refractivity contribution in [3.8, 4) is 0 Å². The third-order valence-corrected chi connectivity index (χ3v) is 5.89. The van der Waals surface area contributed by atoms with Crippen molar-refractivity contribution in [2.75, 3.05) is 19.6 Å². The Morgan fingerprint density at radius 2 is 1.68 bits per heavy atom. The summed E-state index contributed by atoms with van der Waals surface area (Å²) in [5, 5.41) is 0. The zero-order valence-electron chi connectivity index (χ0n) is 15.9. The number of nitrogens with zero attached hydrogens (tertiary/aromatic N) is 2. The number of halogens is 3. The Morgan fingerprint density at radius 1 is 1.07 bits per heavy atom. The van der Waals surface area contributed by atoms with Crippen LogP contribution in [0.5, 0.6) is 0 Å². The zero-order chi connectivity index (χ0) is 20.5. The molecule has 2 aliphatic rings. The van der Waals surface area contributed by atoms with Crippen molar-refractivity contribution in [1.82, 2.24) is 9.80 Å². The third-order valence-electron chi connectivity index (χ3n) is 5.89. The lowest BCUT2D eigenvalue weighted by atomic mass is 9.92. The van der Waals surface area contributed by atoms with Gasteiger partial charge in [0.25, 0.3) is 0 Å². The topological polar surface area (TPSA) is 40.6 Å². The summed E-state index contributed by atoms with van der Waals surface area (Å²) < 4.78 is 38.5. The minimum absolute atomic E-state index is 0.0416. The van der Waals surface area contributed by atoms with Crippen molar-refractivity contribution in [2.24, 2.45) is 11.8 Å². The standard InChI is InChI=1S/C21H25F3N2O2/c1-3-18(27)25-11-9-16(10-12-25)20(28)26-13-8-14(2)19(26)15-4-6-17(7-5-15)21(22,23)24/h3-7,14,16,19H,1,8-13H2,2H3. The fourth-order valence-corrected chi connectivity index (χ4v) is 4.28. The lowest BCUT2D eigenvalue weighted by molar-refractivity contribution is -0.140. The van der Waals surface area contributed by atoms with Gasteiger partial charge in [0.05, 0.1) is 11.6 Å². The monoisotopic (exact) mass is 394 g/mol. The Labute approximate surface area is 163 Å². The molecule has 2 saturated heterocycles. The number of amides is 2. The first-order chi connectivity index (χ1) is 13.2. The normalized spacial score (nSPS) is 23.7. The summed E-state index contributed by atoms with van der Waals surface area (Å²) in [6.45, 7) is 7.17. The molecular weight excluding hydrogens is 369 g/mol. The summed E-state index contributed by atoms with van der Waals surface area (Å²) in [4.78, 5) is 28.3. The van der Waals surface area contributed by atoms with Crippen LogP contribution in [0.3, 0.4) is 0 Å². The van der Waals surface area contributed by atoms with E-state index in [4.69, 9.17) is 0 Å². The molecule has 2 unspecified atom stereocenters. The van der Waals surface area contributed by atoms with E-state index in [9.17, 15) is 22.8 Å². The van der Waals surface area contributed by atoms with Crippen LogP contribution in [0.4, 0.5) is 13.2 Å². The molecule has 1 aromatic carbocycles. The molecule has 7 heteroatoms. The van der Waals surface area contributed by atoms with Gasteiger partial charge in [-0.1, -0.05) is 25.6 Å². The first-order valence-corrected chi connectivity index (χ1v) is 9.61. The van der Waals surface area contributed by atoms with Crippen molar-refractivity contribution >= 4 is 11.8 Å². The van der Waals surface area contributed by atoms with Crippen LogP contribution >= 0.6 is 0 Å². The smallest absolute Gasteiger partial charge is 0.339 e. The maximum absolute atomic E-state index is 13.1. The van der Waals surface area contributed by atoms with Gasteiger partial charge in [0.2, 0.25) is 11.8 Å². The van der Waals surface area contributed by atoms with E-state index in [0.29, 0.717) is 32.5 Å². The highest BCUT2D eigenvalue weighted by atomic mass is 19.4. The molecule has 4 nitrogen and oxygen atoms in total. The molecule has 3 rings (SSSR count). The van der Waals surface area contributed by atoms with Gasteiger partial charge in [0.15, 0.2) is 0 Å². The van der Waals surface area contributed by atoms with Crippen molar-refractivity contribution in [3.05, 3.63) is 48.0 Å². The number of likely N-dealkylation sites (tertiary alicyclic amines) is 2. The number of alkyl halides is 3. The minimum atomic E-state index is -4.37. The van der Waals surface area contributed by atoms with Gasteiger partial charge < -0.3 is 9.80 Å². The van der Waals surface area contributed by atoms with E-state index in [-0.39, 0.29) is 29.7 Å². The van der Waals surface area contributed by atoms with Crippen LogP contribution < -0.4 is 0 Å². The van der Waals surface area contributed by atoms with Gasteiger partial charge >= 0.3 is 6.18 Å². The molecule has 2 heterocycles. The van der Waals surface area contributed by atoms with E-state index >= 15 is 0 Å². The highest BCUT2D eigenvalue weighted by Gasteiger charge is 2.39. The summed E-state index contributed by atoms with van der Waals surface area (Å²) in [7, 11) is 0. The summed E-state index contributed by atoms with van der Waals surface area (Å²) in [5.41, 5.74) is 0.0599. The third kappa shape index (κ3) is 4.08. The molecule has 2 fully saturated rings. The van der Waals surface area contributed by atoms with Gasteiger partial charge in [-0.25, -0.2) is 0 Å². The summed E-state index contributed by atoms with van der Waals surface area (Å²) >= 11 is 0. The number of carbonyl (C=O) groups is 2. The van der Waals surface area contributed by atoms with Gasteiger partial charge in [-0.3, -0.25) is 9.59 Å². The van der Waals surface area contributed by atoms with Crippen LogP contribution in [-0.2, 0) is 15.8 Å². The Balaban J connectivity index is 1.72. The second-order valence-corrected chi connectivity index (χ2v) is 7.67. The summed E-state index contributed by atoms with van der Waals surface area (Å²) in [5.74, 6) is -0.0532. The van der Waals surface area contributed by atoms with Crippen molar-refractivity contribution in [1.29, 1.82) is 0 Å². The predicted molar refractivity (Wildman–Crippen MR) is 99.2 cm³/mol. The van der Waals surface area contributed by atoms with Crippen LogP contribution in [0.1, 0.15) is 43.4 Å². The molecular formula is C21H25F3N2O2. The van der Waals surface area contributed by atoms with Crippen LogP contribution in [0.25, 0.3) is 0 Å². The van der Waals surface area contributed by atoms with Crippen molar-refractivity contribution in [3.63, 3.8) is 0 Å². The molecule has 28 heavy (non-hydrogen) atoms. The number of rotatable bonds is 3. The van der Waals surface area contributed by atoms with E-state index in [1.165, 1.54) is 18.2 Å². The molecule has 0 aliphatic carbocycles. The van der Waals surface area contributed by atoms with E-state index in [2.05, 4.69) is 6.58 Å². The van der Waals surface area contributed by atoms with Crippen molar-refractivity contribution < 1.29 is 22.8 Å². The number of hydrogen-bond donors (Lipinski definition) is 0. The molecule has 0 saturated carbocycles. The number of hydrogen-bond acceptors (Lipinski definition) is 2. The first kappa shape index (κ1) is 20.4. The Kier molecular flexibility index (Phi) is 5.82. The first-order valence-electron chi connectivity index (χ1n) is 9.61. The van der Waals surface area contributed by atoms with E-state index < -0.39 is 11.7 Å². The molecule has 0 spiro atoms. The van der Waals surface area contributed by atoms with Crippen LogP contribution in [0.2, 0.25) is 0 Å². The highest BCUT2D eigenvalue weighted by molar-refractivity contribution is 5.87. The lowest BCUT2D eigenvalue weighted by Crippen LogP contribution is -2.44. The van der Waals surface area contributed by atoms with E-state index in [1.807, 2.05) is 11.8 Å². The maximum Gasteiger partial charge on any atom is 0.416 e. The Bertz CT molecular complexity index is 737. The fraction of sp³-hybridized carbons (Fsp3) is 0.524. The predicted octanol–water partition coefficient (Wildman–Crippen LogP) is 4.04. The second kappa shape index (κ2) is 7.97. The lowest BCUT2D eigenvalue weighted by Gasteiger charge is -2.35. The van der Waals surface area contributed by atoms with Gasteiger partial charge in [0, 0.05) is 25.6 Å². The van der Waals surface area contributed by atoms with Gasteiger partial charge in [-0.15, -0.1) is 0 Å². The van der Waals surface area contributed by atoms with E-state index in [1.54, 1.807) is 4.90 Å². The van der Waals surface area contributed by atoms with Crippen LogP contribution in [0, 0.1) is 11.8 Å². The fourth-order valence-electron chi connectivity index (χ4n) is 4.28. The Hall–Kier alpha value is -2.31. The van der Waals surface area contributed by atoms with Crippen LogP contribution in [-0.4, -0.2) is 41.2 Å². The molecule has 2 atom stereocenters. The molecule has 0 radical (unpaired) electrons. The maximum atomic E-state index is 13.1. The summed E-state index contributed by atoms with van der Waals surface area (Å²) in [6.07, 6.45) is -1.06. The molecule has 152 valence electrons. The highest BCUT2D eigenvalue weighted by Crippen LogP contribution is 2.40. The Morgan fingerprint density at radius 3 is 2.21 bits per heavy atom. The van der Waals surface area contributed by atoms with Crippen LogP contribution in [0.15, 0.2) is 36.9 Å². The molecule has 0 bridgehead atoms. The second-order valence-electron chi connectivity index (χ2n) is 7.67. The summed E-state index contributed by atoms with van der Waals surface area (Å²) in [6, 6.07) is 4.94. The molecule has 0 N–H and O–H groups in total. The molecule has 2 amide bonds.